The van der Waals surface area contributed by atoms with E-state index < -0.39 is 0 Å². The summed E-state index contributed by atoms with van der Waals surface area (Å²) in [6.45, 7) is 4.26. The Balaban J connectivity index is 1.64. The number of nitrogens with zero attached hydrogens (tertiary/aromatic N) is 4. The van der Waals surface area contributed by atoms with E-state index >= 15 is 0 Å². The zero-order valence-corrected chi connectivity index (χ0v) is 15.0. The van der Waals surface area contributed by atoms with Gasteiger partial charge in [-0.05, 0) is 30.7 Å². The average molecular weight is 348 g/mol. The second-order valence-electron chi connectivity index (χ2n) is 5.79. The molecule has 6 nitrogen and oxygen atoms in total. The van der Waals surface area contributed by atoms with Crippen molar-refractivity contribution in [2.75, 3.05) is 13.1 Å². The van der Waals surface area contributed by atoms with Gasteiger partial charge in [-0.15, -0.1) is 0 Å². The van der Waals surface area contributed by atoms with Crippen molar-refractivity contribution >= 4 is 5.96 Å². The van der Waals surface area contributed by atoms with Gasteiger partial charge in [-0.3, -0.25) is 4.98 Å². The molecule has 0 atom stereocenters. The summed E-state index contributed by atoms with van der Waals surface area (Å²) < 4.78 is 2.01. The van der Waals surface area contributed by atoms with Gasteiger partial charge >= 0.3 is 0 Å². The molecule has 3 rings (SSSR count). The van der Waals surface area contributed by atoms with Crippen LogP contribution in [0.4, 0.5) is 0 Å². The molecule has 0 saturated carbocycles. The average Bonchev–Trinajstić information content (AvgIpc) is 3.22. The predicted molar refractivity (Wildman–Crippen MR) is 104 cm³/mol. The van der Waals surface area contributed by atoms with E-state index in [4.69, 9.17) is 4.99 Å². The summed E-state index contributed by atoms with van der Waals surface area (Å²) in [6, 6.07) is 14.2. The molecule has 3 aromatic rings. The summed E-state index contributed by atoms with van der Waals surface area (Å²) in [5, 5.41) is 6.67. The molecule has 0 aliphatic carbocycles. The van der Waals surface area contributed by atoms with Gasteiger partial charge in [-0.25, -0.2) is 9.98 Å². The van der Waals surface area contributed by atoms with Gasteiger partial charge in [0.2, 0.25) is 0 Å². The van der Waals surface area contributed by atoms with Gasteiger partial charge in [0.05, 0.1) is 18.6 Å². The number of benzene rings is 1. The fraction of sp³-hybridized carbons (Fsp3) is 0.250. The summed E-state index contributed by atoms with van der Waals surface area (Å²) in [5.41, 5.74) is 3.31. The molecule has 0 bridgehead atoms. The monoisotopic (exact) mass is 348 g/mol. The SMILES string of the molecule is CCNC(=NCc1ccccc1-n1ccnc1)NCCc1ccccn1. The Morgan fingerprint density at radius 3 is 2.73 bits per heavy atom. The number of para-hydroxylation sites is 1. The molecular weight excluding hydrogens is 324 g/mol. The van der Waals surface area contributed by atoms with Crippen LogP contribution in [0.5, 0.6) is 0 Å². The molecule has 2 aromatic heterocycles. The molecule has 1 aromatic carbocycles. The number of rotatable bonds is 7. The standard InChI is InChI=1S/C20H24N6/c1-2-22-20(24-12-10-18-8-5-6-11-23-18)25-15-17-7-3-4-9-19(17)26-14-13-21-16-26/h3-9,11,13-14,16H,2,10,12,15H2,1H3,(H2,22,24,25). The third kappa shape index (κ3) is 4.92. The summed E-state index contributed by atoms with van der Waals surface area (Å²) in [5.74, 6) is 0.809. The van der Waals surface area contributed by atoms with Crippen LogP contribution in [0, 0.1) is 0 Å². The molecule has 0 unspecified atom stereocenters. The highest BCUT2D eigenvalue weighted by atomic mass is 15.2. The van der Waals surface area contributed by atoms with Crippen molar-refractivity contribution in [2.45, 2.75) is 19.9 Å². The van der Waals surface area contributed by atoms with Crippen LogP contribution in [0.3, 0.4) is 0 Å². The van der Waals surface area contributed by atoms with E-state index in [1.165, 1.54) is 0 Å². The van der Waals surface area contributed by atoms with Crippen molar-refractivity contribution in [1.82, 2.24) is 25.2 Å². The number of pyridine rings is 1. The normalized spacial score (nSPS) is 11.3. The van der Waals surface area contributed by atoms with Crippen molar-refractivity contribution in [3.63, 3.8) is 0 Å². The van der Waals surface area contributed by atoms with Crippen LogP contribution < -0.4 is 10.6 Å². The van der Waals surface area contributed by atoms with Gasteiger partial charge in [-0.2, -0.15) is 0 Å². The first-order valence-corrected chi connectivity index (χ1v) is 8.85. The predicted octanol–water partition coefficient (Wildman–Crippen LogP) is 2.57. The van der Waals surface area contributed by atoms with Crippen molar-refractivity contribution in [1.29, 1.82) is 0 Å². The first kappa shape index (κ1) is 17.7. The van der Waals surface area contributed by atoms with Gasteiger partial charge in [0.15, 0.2) is 5.96 Å². The molecule has 0 aliphatic rings. The van der Waals surface area contributed by atoms with Gasteiger partial charge in [0, 0.05) is 43.8 Å². The lowest BCUT2D eigenvalue weighted by Gasteiger charge is -2.12. The van der Waals surface area contributed by atoms with Crippen LogP contribution in [0.25, 0.3) is 5.69 Å². The molecule has 0 fully saturated rings. The van der Waals surface area contributed by atoms with E-state index in [9.17, 15) is 0 Å². The zero-order valence-electron chi connectivity index (χ0n) is 15.0. The molecule has 134 valence electrons. The summed E-state index contributed by atoms with van der Waals surface area (Å²) >= 11 is 0. The van der Waals surface area contributed by atoms with E-state index in [1.54, 1.807) is 12.5 Å². The number of nitrogens with one attached hydrogen (secondary N) is 2. The maximum Gasteiger partial charge on any atom is 0.191 e. The fourth-order valence-corrected chi connectivity index (χ4v) is 2.66. The minimum Gasteiger partial charge on any atom is -0.357 e. The minimum atomic E-state index is 0.591. The molecular formula is C20H24N6. The van der Waals surface area contributed by atoms with E-state index in [-0.39, 0.29) is 0 Å². The third-order valence-corrected chi connectivity index (χ3v) is 3.93. The van der Waals surface area contributed by atoms with E-state index in [1.807, 2.05) is 47.3 Å². The van der Waals surface area contributed by atoms with Crippen LogP contribution >= 0.6 is 0 Å². The van der Waals surface area contributed by atoms with E-state index in [2.05, 4.69) is 39.7 Å². The lowest BCUT2D eigenvalue weighted by molar-refractivity contribution is 0.787. The first-order valence-electron chi connectivity index (χ1n) is 8.85. The lowest BCUT2D eigenvalue weighted by Crippen LogP contribution is -2.38. The molecule has 26 heavy (non-hydrogen) atoms. The minimum absolute atomic E-state index is 0.591. The maximum atomic E-state index is 4.73. The Morgan fingerprint density at radius 2 is 1.96 bits per heavy atom. The molecule has 0 spiro atoms. The quantitative estimate of drug-likeness (QED) is 0.509. The second-order valence-corrected chi connectivity index (χ2v) is 5.79. The Kier molecular flexibility index (Phi) is 6.36. The van der Waals surface area contributed by atoms with Gasteiger partial charge < -0.3 is 15.2 Å². The number of hydrogen-bond acceptors (Lipinski definition) is 3. The van der Waals surface area contributed by atoms with Crippen LogP contribution in [0.15, 0.2) is 72.4 Å². The van der Waals surface area contributed by atoms with Crippen LogP contribution in [-0.2, 0) is 13.0 Å². The van der Waals surface area contributed by atoms with Crippen LogP contribution in [-0.4, -0.2) is 33.6 Å². The third-order valence-electron chi connectivity index (χ3n) is 3.93. The molecule has 2 heterocycles. The second kappa shape index (κ2) is 9.36. The van der Waals surface area contributed by atoms with Crippen molar-refractivity contribution < 1.29 is 0 Å². The Bertz CT molecular complexity index is 811. The highest BCUT2D eigenvalue weighted by Crippen LogP contribution is 2.14. The molecule has 6 heteroatoms. The maximum absolute atomic E-state index is 4.73. The van der Waals surface area contributed by atoms with E-state index in [0.29, 0.717) is 6.54 Å². The molecule has 0 amide bonds. The fourth-order valence-electron chi connectivity index (χ4n) is 2.66. The molecule has 0 aliphatic heterocycles. The summed E-state index contributed by atoms with van der Waals surface area (Å²) in [7, 11) is 0. The number of aromatic nitrogens is 3. The summed E-state index contributed by atoms with van der Waals surface area (Å²) in [6.07, 6.45) is 8.21. The number of hydrogen-bond donors (Lipinski definition) is 2. The highest BCUT2D eigenvalue weighted by molar-refractivity contribution is 5.79. The van der Waals surface area contributed by atoms with Gasteiger partial charge in [-0.1, -0.05) is 24.3 Å². The molecule has 0 saturated heterocycles. The largest absolute Gasteiger partial charge is 0.357 e. The van der Waals surface area contributed by atoms with Gasteiger partial charge in [0.25, 0.3) is 0 Å². The van der Waals surface area contributed by atoms with Gasteiger partial charge in [0.1, 0.15) is 0 Å². The number of imidazole rings is 1. The molecule has 2 N–H and O–H groups in total. The topological polar surface area (TPSA) is 67.1 Å². The van der Waals surface area contributed by atoms with Crippen LogP contribution in [0.2, 0.25) is 0 Å². The van der Waals surface area contributed by atoms with Crippen LogP contribution in [0.1, 0.15) is 18.2 Å². The zero-order chi connectivity index (χ0) is 18.0. The first-order chi connectivity index (χ1) is 12.9. The van der Waals surface area contributed by atoms with Crippen molar-refractivity contribution in [2.24, 2.45) is 4.99 Å². The Labute approximate surface area is 154 Å². The van der Waals surface area contributed by atoms with Crippen molar-refractivity contribution in [3.8, 4) is 5.69 Å². The van der Waals surface area contributed by atoms with Crippen molar-refractivity contribution in [3.05, 3.63) is 78.6 Å². The summed E-state index contributed by atoms with van der Waals surface area (Å²) in [4.78, 5) is 13.2. The number of aliphatic imine (C=N–C) groups is 1. The Hall–Kier alpha value is -3.15. The number of guanidine groups is 1. The molecule has 0 radical (unpaired) electrons. The Morgan fingerprint density at radius 1 is 1.08 bits per heavy atom. The van der Waals surface area contributed by atoms with E-state index in [0.717, 1.165) is 42.4 Å². The lowest BCUT2D eigenvalue weighted by atomic mass is 10.2. The smallest absolute Gasteiger partial charge is 0.191 e. The highest BCUT2D eigenvalue weighted by Gasteiger charge is 2.04.